The third kappa shape index (κ3) is 4.07. The second kappa shape index (κ2) is 7.72. The maximum absolute atomic E-state index is 13.1. The molecule has 1 aliphatic rings. The van der Waals surface area contributed by atoms with E-state index in [1.165, 1.54) is 12.1 Å². The molecule has 1 saturated heterocycles. The number of anilines is 2. The Balaban J connectivity index is 1.34. The molecule has 0 radical (unpaired) electrons. The van der Waals surface area contributed by atoms with E-state index < -0.39 is 0 Å². The van der Waals surface area contributed by atoms with Crippen LogP contribution in [0.1, 0.15) is 18.4 Å². The Morgan fingerprint density at radius 3 is 2.59 bits per heavy atom. The summed E-state index contributed by atoms with van der Waals surface area (Å²) in [5, 5.41) is 15.3. The summed E-state index contributed by atoms with van der Waals surface area (Å²) in [4.78, 5) is 11.2. The van der Waals surface area contributed by atoms with Gasteiger partial charge in [-0.2, -0.15) is 5.26 Å². The minimum absolute atomic E-state index is 0.240. The van der Waals surface area contributed by atoms with Crippen molar-refractivity contribution in [1.29, 1.82) is 5.26 Å². The second-order valence-corrected chi connectivity index (χ2v) is 7.33. The van der Waals surface area contributed by atoms with Crippen LogP contribution in [-0.4, -0.2) is 29.1 Å². The van der Waals surface area contributed by atoms with Gasteiger partial charge in [0.25, 0.3) is 0 Å². The Labute approximate surface area is 161 Å². The molecule has 3 heterocycles. The number of benzene rings is 1. The summed E-state index contributed by atoms with van der Waals surface area (Å²) in [5.41, 5.74) is 2.36. The molecule has 0 bridgehead atoms. The molecule has 1 aliphatic heterocycles. The number of hydrogen-bond donors (Lipinski definition) is 1. The van der Waals surface area contributed by atoms with Crippen LogP contribution in [0.2, 0.25) is 0 Å². The van der Waals surface area contributed by atoms with E-state index in [-0.39, 0.29) is 5.82 Å². The van der Waals surface area contributed by atoms with Gasteiger partial charge in [-0.1, -0.05) is 0 Å². The van der Waals surface area contributed by atoms with Crippen molar-refractivity contribution < 1.29 is 4.39 Å². The van der Waals surface area contributed by atoms with E-state index in [9.17, 15) is 4.39 Å². The Morgan fingerprint density at radius 1 is 1.15 bits per heavy atom. The summed E-state index contributed by atoms with van der Waals surface area (Å²) in [5.74, 6) is 0.677. The van der Waals surface area contributed by atoms with Gasteiger partial charge in [0.05, 0.1) is 11.3 Å². The number of rotatable bonds is 4. The van der Waals surface area contributed by atoms with Crippen molar-refractivity contribution in [3.05, 3.63) is 59.4 Å². The Morgan fingerprint density at radius 2 is 1.93 bits per heavy atom. The maximum atomic E-state index is 13.1. The highest BCUT2D eigenvalue weighted by atomic mass is 32.1. The van der Waals surface area contributed by atoms with Crippen LogP contribution in [0, 0.1) is 17.1 Å². The fourth-order valence-electron chi connectivity index (χ4n) is 3.16. The molecule has 5 nitrogen and oxygen atoms in total. The van der Waals surface area contributed by atoms with Gasteiger partial charge in [-0.05, 0) is 49.2 Å². The summed E-state index contributed by atoms with van der Waals surface area (Å²) in [6, 6.07) is 12.6. The molecular weight excluding hydrogens is 361 g/mol. The first-order chi connectivity index (χ1) is 13.2. The van der Waals surface area contributed by atoms with Crippen LogP contribution in [0.25, 0.3) is 11.3 Å². The van der Waals surface area contributed by atoms with Crippen LogP contribution in [0.15, 0.2) is 48.0 Å². The van der Waals surface area contributed by atoms with Crippen molar-refractivity contribution in [2.24, 2.45) is 0 Å². The van der Waals surface area contributed by atoms with Gasteiger partial charge in [-0.15, -0.1) is 11.3 Å². The highest BCUT2D eigenvalue weighted by Crippen LogP contribution is 2.27. The number of nitrogens with zero attached hydrogens (tertiary/aromatic N) is 4. The van der Waals surface area contributed by atoms with E-state index in [1.807, 2.05) is 11.4 Å². The van der Waals surface area contributed by atoms with Crippen molar-refractivity contribution in [3.63, 3.8) is 0 Å². The number of pyridine rings is 1. The van der Waals surface area contributed by atoms with Gasteiger partial charge in [0.15, 0.2) is 5.13 Å². The first-order valence-corrected chi connectivity index (χ1v) is 9.68. The molecule has 1 N–H and O–H groups in total. The van der Waals surface area contributed by atoms with E-state index in [2.05, 4.69) is 26.3 Å². The molecule has 4 rings (SSSR count). The summed E-state index contributed by atoms with van der Waals surface area (Å²) >= 11 is 1.57. The number of nitriles is 1. The smallest absolute Gasteiger partial charge is 0.183 e. The van der Waals surface area contributed by atoms with Crippen molar-refractivity contribution in [3.8, 4) is 17.3 Å². The van der Waals surface area contributed by atoms with Gasteiger partial charge in [-0.3, -0.25) is 0 Å². The summed E-state index contributed by atoms with van der Waals surface area (Å²) < 4.78 is 13.1. The highest BCUT2D eigenvalue weighted by molar-refractivity contribution is 7.14. The van der Waals surface area contributed by atoms with Crippen molar-refractivity contribution >= 4 is 22.3 Å². The fraction of sp³-hybridized carbons (Fsp3) is 0.250. The van der Waals surface area contributed by atoms with Crippen LogP contribution in [0.5, 0.6) is 0 Å². The average Bonchev–Trinajstić information content (AvgIpc) is 3.18. The van der Waals surface area contributed by atoms with Gasteiger partial charge in [0, 0.05) is 36.3 Å². The quantitative estimate of drug-likeness (QED) is 0.732. The van der Waals surface area contributed by atoms with Crippen LogP contribution in [0.4, 0.5) is 15.3 Å². The molecule has 7 heteroatoms. The molecule has 1 fully saturated rings. The lowest BCUT2D eigenvalue weighted by atomic mass is 10.1. The van der Waals surface area contributed by atoms with Gasteiger partial charge < -0.3 is 10.2 Å². The zero-order valence-electron chi connectivity index (χ0n) is 14.6. The van der Waals surface area contributed by atoms with Gasteiger partial charge in [-0.25, -0.2) is 14.4 Å². The van der Waals surface area contributed by atoms with Gasteiger partial charge in [0.2, 0.25) is 0 Å². The van der Waals surface area contributed by atoms with Crippen LogP contribution >= 0.6 is 11.3 Å². The lowest BCUT2D eigenvalue weighted by molar-refractivity contribution is 0.523. The third-order valence-corrected chi connectivity index (χ3v) is 5.44. The van der Waals surface area contributed by atoms with Crippen LogP contribution in [0.3, 0.4) is 0 Å². The minimum atomic E-state index is -0.240. The maximum Gasteiger partial charge on any atom is 0.183 e. The number of hydrogen-bond acceptors (Lipinski definition) is 6. The van der Waals surface area contributed by atoms with E-state index in [4.69, 9.17) is 5.26 Å². The molecule has 0 spiro atoms. The summed E-state index contributed by atoms with van der Waals surface area (Å²) in [7, 11) is 0. The zero-order chi connectivity index (χ0) is 18.6. The largest absolute Gasteiger partial charge is 0.359 e. The molecule has 0 aliphatic carbocycles. The summed E-state index contributed by atoms with van der Waals surface area (Å²) in [6.07, 6.45) is 3.60. The summed E-state index contributed by atoms with van der Waals surface area (Å²) in [6.45, 7) is 1.82. The predicted octanol–water partition coefficient (Wildman–Crippen LogP) is 4.30. The molecule has 0 atom stereocenters. The SMILES string of the molecule is N#Cc1ccc(N2CCC(Nc3nc(-c4ccc(F)cc4)cs3)CC2)nc1. The van der Waals surface area contributed by atoms with Crippen LogP contribution < -0.4 is 10.2 Å². The molecule has 136 valence electrons. The zero-order valence-corrected chi connectivity index (χ0v) is 15.4. The Hall–Kier alpha value is -2.98. The number of piperidine rings is 1. The monoisotopic (exact) mass is 379 g/mol. The van der Waals surface area contributed by atoms with E-state index in [0.717, 1.165) is 48.1 Å². The molecule has 27 heavy (non-hydrogen) atoms. The number of halogens is 1. The molecule has 3 aromatic rings. The topological polar surface area (TPSA) is 64.8 Å². The molecule has 0 amide bonds. The normalized spacial score (nSPS) is 14.7. The van der Waals surface area contributed by atoms with Gasteiger partial charge >= 0.3 is 0 Å². The number of nitrogens with one attached hydrogen (secondary N) is 1. The van der Waals surface area contributed by atoms with Crippen molar-refractivity contribution in [2.75, 3.05) is 23.3 Å². The third-order valence-electron chi connectivity index (χ3n) is 4.67. The fourth-order valence-corrected chi connectivity index (χ4v) is 3.96. The predicted molar refractivity (Wildman–Crippen MR) is 105 cm³/mol. The molecule has 0 unspecified atom stereocenters. The first kappa shape index (κ1) is 17.4. The lowest BCUT2D eigenvalue weighted by Gasteiger charge is -2.33. The number of aromatic nitrogens is 2. The van der Waals surface area contributed by atoms with E-state index in [1.54, 1.807) is 35.7 Å². The van der Waals surface area contributed by atoms with E-state index in [0.29, 0.717) is 11.6 Å². The highest BCUT2D eigenvalue weighted by Gasteiger charge is 2.21. The minimum Gasteiger partial charge on any atom is -0.359 e. The Kier molecular flexibility index (Phi) is 4.99. The first-order valence-electron chi connectivity index (χ1n) is 8.80. The van der Waals surface area contributed by atoms with Crippen molar-refractivity contribution in [2.45, 2.75) is 18.9 Å². The van der Waals surface area contributed by atoms with Crippen LogP contribution in [-0.2, 0) is 0 Å². The van der Waals surface area contributed by atoms with Crippen molar-refractivity contribution in [1.82, 2.24) is 9.97 Å². The molecule has 1 aromatic carbocycles. The standard InChI is InChI=1S/C20H18FN5S/c21-16-4-2-15(3-5-16)18-13-27-20(25-18)24-17-7-9-26(10-8-17)19-6-1-14(11-22)12-23-19/h1-6,12-13,17H,7-10H2,(H,24,25). The average molecular weight is 379 g/mol. The second-order valence-electron chi connectivity index (χ2n) is 6.47. The van der Waals surface area contributed by atoms with E-state index >= 15 is 0 Å². The van der Waals surface area contributed by atoms with Gasteiger partial charge in [0.1, 0.15) is 17.7 Å². The Bertz CT molecular complexity index is 938. The molecular formula is C20H18FN5S. The lowest BCUT2D eigenvalue weighted by Crippen LogP contribution is -2.39. The number of thiazole rings is 1. The molecule has 0 saturated carbocycles. The molecule has 2 aromatic heterocycles.